The maximum atomic E-state index is 3.77. The predicted molar refractivity (Wildman–Crippen MR) is 86.4 cm³/mol. The van der Waals surface area contributed by atoms with Gasteiger partial charge in [0.25, 0.3) is 0 Å². The molecule has 0 atom stereocenters. The van der Waals surface area contributed by atoms with Gasteiger partial charge in [-0.1, -0.05) is 60.0 Å². The van der Waals surface area contributed by atoms with Crippen molar-refractivity contribution in [2.75, 3.05) is 0 Å². The highest BCUT2D eigenvalue weighted by Crippen LogP contribution is 2.07. The van der Waals surface area contributed by atoms with Gasteiger partial charge in [-0.3, -0.25) is 0 Å². The van der Waals surface area contributed by atoms with Gasteiger partial charge in [-0.25, -0.2) is 0 Å². The number of hydrogen-bond donors (Lipinski definition) is 0. The summed E-state index contributed by atoms with van der Waals surface area (Å²) in [5.41, 5.74) is 4.93. The second kappa shape index (κ2) is 10.5. The van der Waals surface area contributed by atoms with E-state index in [-0.39, 0.29) is 0 Å². The van der Waals surface area contributed by atoms with Crippen molar-refractivity contribution in [2.24, 2.45) is 0 Å². The Balaban J connectivity index is 1.92. The van der Waals surface area contributed by atoms with Crippen LogP contribution in [0.1, 0.15) is 11.1 Å². The lowest BCUT2D eigenvalue weighted by Gasteiger charge is -2.02. The summed E-state index contributed by atoms with van der Waals surface area (Å²) in [6.45, 7) is 5.92. The molecule has 0 fully saturated rings. The van der Waals surface area contributed by atoms with Crippen LogP contribution in [0.3, 0.4) is 0 Å². The molecule has 0 amide bonds. The largest absolute Gasteiger partial charge is 0.107 e. The summed E-state index contributed by atoms with van der Waals surface area (Å²) in [5, 5.41) is 0. The summed E-state index contributed by atoms with van der Waals surface area (Å²) < 4.78 is 0. The van der Waals surface area contributed by atoms with Crippen LogP contribution in [-0.2, 0) is 6.42 Å². The summed E-state index contributed by atoms with van der Waals surface area (Å²) in [4.78, 5) is 0. The van der Waals surface area contributed by atoms with E-state index in [1.54, 1.807) is 0 Å². The minimum atomic E-state index is 0.980. The van der Waals surface area contributed by atoms with Crippen LogP contribution in [0.15, 0.2) is 36.5 Å². The first-order chi connectivity index (χ1) is 8.83. The molecule has 0 aromatic heterocycles. The SMILES string of the molecule is C=C[Si]CC[Si]CC[Si]CCc1ccc(C)cc1. The maximum absolute atomic E-state index is 3.77. The van der Waals surface area contributed by atoms with Gasteiger partial charge in [0, 0.05) is 19.0 Å². The summed E-state index contributed by atoms with van der Waals surface area (Å²) in [7, 11) is 3.32. The van der Waals surface area contributed by atoms with Gasteiger partial charge in [0.15, 0.2) is 0 Å². The summed E-state index contributed by atoms with van der Waals surface area (Å²) in [6, 6.07) is 16.1. The first-order valence-electron chi connectivity index (χ1n) is 6.64. The molecule has 0 saturated heterocycles. The van der Waals surface area contributed by atoms with Gasteiger partial charge in [-0.05, 0) is 18.9 Å². The third kappa shape index (κ3) is 7.84. The number of benzene rings is 1. The van der Waals surface area contributed by atoms with Crippen LogP contribution in [0, 0.1) is 6.92 Å². The van der Waals surface area contributed by atoms with Crippen molar-refractivity contribution in [2.45, 2.75) is 43.6 Å². The van der Waals surface area contributed by atoms with Crippen LogP contribution in [0.5, 0.6) is 0 Å². The second-order valence-electron chi connectivity index (χ2n) is 4.39. The van der Waals surface area contributed by atoms with Crippen LogP contribution >= 0.6 is 0 Å². The first-order valence-corrected chi connectivity index (χ1v) is 10.8. The predicted octanol–water partition coefficient (Wildman–Crippen LogP) is 3.89. The summed E-state index contributed by atoms with van der Waals surface area (Å²) in [6.07, 6.45) is 1.26. The van der Waals surface area contributed by atoms with Crippen LogP contribution in [-0.4, -0.2) is 28.6 Å². The minimum Gasteiger partial charge on any atom is -0.107 e. The fraction of sp³-hybridized carbons (Fsp3) is 0.467. The molecule has 0 bridgehead atoms. The molecule has 6 radical (unpaired) electrons. The van der Waals surface area contributed by atoms with E-state index in [1.165, 1.54) is 57.3 Å². The zero-order chi connectivity index (χ0) is 13.1. The molecule has 1 aromatic carbocycles. The first kappa shape index (κ1) is 15.7. The normalized spacial score (nSPS) is 10.5. The highest BCUT2D eigenvalue weighted by atomic mass is 28.2. The molecule has 0 aliphatic rings. The Kier molecular flexibility index (Phi) is 9.16. The Labute approximate surface area is 120 Å². The number of hydrogen-bond acceptors (Lipinski definition) is 0. The average Bonchev–Trinajstić information content (AvgIpc) is 2.39. The molecular weight excluding hydrogens is 264 g/mol. The zero-order valence-electron chi connectivity index (χ0n) is 11.3. The lowest BCUT2D eigenvalue weighted by atomic mass is 10.1. The standard InChI is InChI=1S/C15H22Si3/c1-3-16-10-11-18-13-12-17-9-8-15-6-4-14(2)5-7-15/h3-7H,1,8-13H2,2H3. The maximum Gasteiger partial charge on any atom is 0.0692 e. The van der Waals surface area contributed by atoms with Gasteiger partial charge < -0.3 is 0 Å². The third-order valence-electron chi connectivity index (χ3n) is 2.78. The molecule has 0 N–H and O–H groups in total. The van der Waals surface area contributed by atoms with Crippen molar-refractivity contribution in [3.8, 4) is 0 Å². The highest BCUT2D eigenvalue weighted by Gasteiger charge is 1.96. The molecule has 0 unspecified atom stereocenters. The summed E-state index contributed by atoms with van der Waals surface area (Å²) in [5.74, 6) is 0. The topological polar surface area (TPSA) is 0 Å². The Morgan fingerprint density at radius 1 is 0.944 bits per heavy atom. The van der Waals surface area contributed by atoms with E-state index in [4.69, 9.17) is 0 Å². The van der Waals surface area contributed by atoms with Gasteiger partial charge in [0.2, 0.25) is 0 Å². The molecule has 18 heavy (non-hydrogen) atoms. The number of aryl methyl sites for hydroxylation is 2. The van der Waals surface area contributed by atoms with E-state index in [9.17, 15) is 0 Å². The Morgan fingerprint density at radius 2 is 1.56 bits per heavy atom. The Bertz CT molecular complexity index is 319. The highest BCUT2D eigenvalue weighted by molar-refractivity contribution is 6.47. The molecule has 94 valence electrons. The fourth-order valence-electron chi connectivity index (χ4n) is 1.68. The molecule has 0 heterocycles. The van der Waals surface area contributed by atoms with Crippen molar-refractivity contribution in [1.82, 2.24) is 0 Å². The minimum absolute atomic E-state index is 0.980. The number of rotatable bonds is 10. The van der Waals surface area contributed by atoms with Crippen LogP contribution < -0.4 is 0 Å². The lowest BCUT2D eigenvalue weighted by molar-refractivity contribution is 1.11. The summed E-state index contributed by atoms with van der Waals surface area (Å²) >= 11 is 0. The van der Waals surface area contributed by atoms with E-state index < -0.39 is 0 Å². The van der Waals surface area contributed by atoms with E-state index in [0.717, 1.165) is 19.0 Å². The molecule has 0 saturated carbocycles. The molecule has 0 aliphatic carbocycles. The van der Waals surface area contributed by atoms with Crippen LogP contribution in [0.2, 0.25) is 30.2 Å². The van der Waals surface area contributed by atoms with E-state index in [2.05, 4.69) is 43.5 Å². The van der Waals surface area contributed by atoms with E-state index in [0.29, 0.717) is 0 Å². The van der Waals surface area contributed by atoms with Crippen molar-refractivity contribution in [3.05, 3.63) is 47.7 Å². The molecule has 3 heteroatoms. The van der Waals surface area contributed by atoms with Gasteiger partial charge in [0.1, 0.15) is 0 Å². The van der Waals surface area contributed by atoms with Gasteiger partial charge in [0.05, 0.1) is 9.52 Å². The quantitative estimate of drug-likeness (QED) is 0.452. The molecule has 0 aliphatic heterocycles. The van der Waals surface area contributed by atoms with Gasteiger partial charge >= 0.3 is 0 Å². The van der Waals surface area contributed by atoms with Crippen LogP contribution in [0.4, 0.5) is 0 Å². The average molecular weight is 287 g/mol. The van der Waals surface area contributed by atoms with E-state index in [1.807, 2.05) is 0 Å². The van der Waals surface area contributed by atoms with Crippen molar-refractivity contribution >= 4 is 28.6 Å². The molecular formula is C15H22Si3. The fourth-order valence-corrected chi connectivity index (χ4v) is 5.55. The smallest absolute Gasteiger partial charge is 0.0692 e. The zero-order valence-corrected chi connectivity index (χ0v) is 14.3. The van der Waals surface area contributed by atoms with Gasteiger partial charge in [-0.15, -0.1) is 12.3 Å². The molecule has 0 spiro atoms. The van der Waals surface area contributed by atoms with Crippen molar-refractivity contribution in [3.63, 3.8) is 0 Å². The van der Waals surface area contributed by atoms with Crippen LogP contribution in [0.25, 0.3) is 0 Å². The van der Waals surface area contributed by atoms with Crippen molar-refractivity contribution in [1.29, 1.82) is 0 Å². The van der Waals surface area contributed by atoms with E-state index >= 15 is 0 Å². The molecule has 1 aromatic rings. The Hall–Kier alpha value is -0.389. The third-order valence-corrected chi connectivity index (χ3v) is 7.02. The monoisotopic (exact) mass is 286 g/mol. The van der Waals surface area contributed by atoms with Gasteiger partial charge in [-0.2, -0.15) is 0 Å². The lowest BCUT2D eigenvalue weighted by Crippen LogP contribution is -1.97. The molecule has 1 rings (SSSR count). The second-order valence-corrected chi connectivity index (χ2v) is 8.71. The Morgan fingerprint density at radius 3 is 2.22 bits per heavy atom. The molecule has 0 nitrogen and oxygen atoms in total. The van der Waals surface area contributed by atoms with Crippen molar-refractivity contribution < 1.29 is 0 Å².